The van der Waals surface area contributed by atoms with Gasteiger partial charge in [0, 0.05) is 6.54 Å². The molecule has 4 heteroatoms. The van der Waals surface area contributed by atoms with Crippen LogP contribution in [0.5, 0.6) is 5.75 Å². The lowest BCUT2D eigenvalue weighted by molar-refractivity contribution is -0.134. The van der Waals surface area contributed by atoms with Crippen molar-refractivity contribution >= 4 is 5.91 Å². The first-order chi connectivity index (χ1) is 13.0. The van der Waals surface area contributed by atoms with Crippen LogP contribution in [0.4, 0.5) is 0 Å². The van der Waals surface area contributed by atoms with Gasteiger partial charge in [-0.3, -0.25) is 4.79 Å². The molecule has 0 radical (unpaired) electrons. The van der Waals surface area contributed by atoms with Gasteiger partial charge in [0.15, 0.2) is 6.61 Å². The Morgan fingerprint density at radius 1 is 0.963 bits per heavy atom. The molecule has 0 bridgehead atoms. The summed E-state index contributed by atoms with van der Waals surface area (Å²) in [6, 6.07) is 17.8. The molecule has 3 aromatic rings. The van der Waals surface area contributed by atoms with Crippen molar-refractivity contribution in [1.29, 1.82) is 0 Å². The van der Waals surface area contributed by atoms with Gasteiger partial charge in [0.25, 0.3) is 5.91 Å². The van der Waals surface area contributed by atoms with Crippen LogP contribution in [0.3, 0.4) is 0 Å². The SMILES string of the molecule is Cc1cc(C)c(OCC(=O)N(Cc2ccccc2)Cc2ccco2)c(C)c1. The van der Waals surface area contributed by atoms with Gasteiger partial charge in [0.2, 0.25) is 0 Å². The van der Waals surface area contributed by atoms with E-state index in [0.29, 0.717) is 13.1 Å². The molecule has 2 aromatic carbocycles. The predicted molar refractivity (Wildman–Crippen MR) is 106 cm³/mol. The molecule has 1 amide bonds. The second-order valence-corrected chi connectivity index (χ2v) is 6.83. The zero-order chi connectivity index (χ0) is 19.2. The highest BCUT2D eigenvalue weighted by atomic mass is 16.5. The van der Waals surface area contributed by atoms with E-state index in [4.69, 9.17) is 9.15 Å². The molecule has 0 fully saturated rings. The number of hydrogen-bond acceptors (Lipinski definition) is 3. The minimum Gasteiger partial charge on any atom is -0.483 e. The molecule has 0 atom stereocenters. The summed E-state index contributed by atoms with van der Waals surface area (Å²) in [4.78, 5) is 14.7. The zero-order valence-electron chi connectivity index (χ0n) is 16.1. The number of carbonyl (C=O) groups excluding carboxylic acids is 1. The van der Waals surface area contributed by atoms with Gasteiger partial charge in [-0.15, -0.1) is 0 Å². The first-order valence-corrected chi connectivity index (χ1v) is 9.07. The van der Waals surface area contributed by atoms with Crippen molar-refractivity contribution in [2.24, 2.45) is 0 Å². The number of rotatable bonds is 7. The molecule has 27 heavy (non-hydrogen) atoms. The third-order valence-corrected chi connectivity index (χ3v) is 4.44. The molecule has 1 heterocycles. The molecule has 0 saturated heterocycles. The highest BCUT2D eigenvalue weighted by molar-refractivity contribution is 5.77. The standard InChI is InChI=1S/C23H25NO3/c1-17-12-18(2)23(19(3)13-17)27-16-22(25)24(15-21-10-7-11-26-21)14-20-8-5-4-6-9-20/h4-13H,14-16H2,1-3H3. The van der Waals surface area contributed by atoms with Gasteiger partial charge in [-0.1, -0.05) is 48.0 Å². The fourth-order valence-corrected chi connectivity index (χ4v) is 3.25. The van der Waals surface area contributed by atoms with Crippen molar-refractivity contribution in [2.75, 3.05) is 6.61 Å². The van der Waals surface area contributed by atoms with Gasteiger partial charge < -0.3 is 14.1 Å². The van der Waals surface area contributed by atoms with Crippen molar-refractivity contribution in [2.45, 2.75) is 33.9 Å². The van der Waals surface area contributed by atoms with Gasteiger partial charge in [-0.05, 0) is 49.6 Å². The molecular weight excluding hydrogens is 338 g/mol. The van der Waals surface area contributed by atoms with Crippen molar-refractivity contribution in [3.63, 3.8) is 0 Å². The van der Waals surface area contributed by atoms with Crippen molar-refractivity contribution in [3.8, 4) is 5.75 Å². The Kier molecular flexibility index (Phi) is 5.97. The summed E-state index contributed by atoms with van der Waals surface area (Å²) in [6.07, 6.45) is 1.62. The molecule has 1 aromatic heterocycles. The maximum Gasteiger partial charge on any atom is 0.261 e. The minimum absolute atomic E-state index is 0.00170. The number of furan rings is 1. The second kappa shape index (κ2) is 8.58. The molecular formula is C23H25NO3. The summed E-state index contributed by atoms with van der Waals surface area (Å²) in [5, 5.41) is 0. The monoisotopic (exact) mass is 363 g/mol. The molecule has 3 rings (SSSR count). The van der Waals surface area contributed by atoms with Crippen LogP contribution < -0.4 is 4.74 Å². The lowest BCUT2D eigenvalue weighted by Crippen LogP contribution is -2.34. The summed E-state index contributed by atoms with van der Waals surface area (Å²) < 4.78 is 11.3. The second-order valence-electron chi connectivity index (χ2n) is 6.83. The molecule has 4 nitrogen and oxygen atoms in total. The third-order valence-electron chi connectivity index (χ3n) is 4.44. The van der Waals surface area contributed by atoms with E-state index in [0.717, 1.165) is 28.2 Å². The first kappa shape index (κ1) is 18.8. The Bertz CT molecular complexity index is 862. The van der Waals surface area contributed by atoms with E-state index in [1.54, 1.807) is 11.2 Å². The van der Waals surface area contributed by atoms with E-state index in [2.05, 4.69) is 19.1 Å². The van der Waals surface area contributed by atoms with Crippen LogP contribution in [0.15, 0.2) is 65.3 Å². The number of carbonyl (C=O) groups is 1. The van der Waals surface area contributed by atoms with Gasteiger partial charge >= 0.3 is 0 Å². The third kappa shape index (κ3) is 5.00. The Morgan fingerprint density at radius 2 is 1.67 bits per heavy atom. The fraction of sp³-hybridized carbons (Fsp3) is 0.261. The van der Waals surface area contributed by atoms with E-state index < -0.39 is 0 Å². The lowest BCUT2D eigenvalue weighted by atomic mass is 10.1. The van der Waals surface area contributed by atoms with Gasteiger partial charge in [0.1, 0.15) is 11.5 Å². The number of nitrogens with zero attached hydrogens (tertiary/aromatic N) is 1. The normalized spacial score (nSPS) is 10.6. The smallest absolute Gasteiger partial charge is 0.261 e. The average molecular weight is 363 g/mol. The van der Waals surface area contributed by atoms with Crippen molar-refractivity contribution < 1.29 is 13.9 Å². The van der Waals surface area contributed by atoms with Crippen LogP contribution in [-0.2, 0) is 17.9 Å². The van der Waals surface area contributed by atoms with Crippen LogP contribution in [0.2, 0.25) is 0 Å². The molecule has 0 aliphatic heterocycles. The minimum atomic E-state index is -0.0744. The molecule has 0 saturated carbocycles. The largest absolute Gasteiger partial charge is 0.483 e. The van der Waals surface area contributed by atoms with E-state index in [1.807, 2.05) is 56.3 Å². The number of hydrogen-bond donors (Lipinski definition) is 0. The lowest BCUT2D eigenvalue weighted by Gasteiger charge is -2.23. The highest BCUT2D eigenvalue weighted by Gasteiger charge is 2.17. The van der Waals surface area contributed by atoms with E-state index in [-0.39, 0.29) is 12.5 Å². The number of benzene rings is 2. The Balaban J connectivity index is 1.72. The van der Waals surface area contributed by atoms with Gasteiger partial charge in [-0.25, -0.2) is 0 Å². The van der Waals surface area contributed by atoms with E-state index >= 15 is 0 Å². The molecule has 0 spiro atoms. The summed E-state index contributed by atoms with van der Waals surface area (Å²) in [5.74, 6) is 1.46. The molecule has 0 aliphatic carbocycles. The summed E-state index contributed by atoms with van der Waals surface area (Å²) in [6.45, 7) is 6.98. The van der Waals surface area contributed by atoms with Crippen LogP contribution in [0.1, 0.15) is 28.0 Å². The predicted octanol–water partition coefficient (Wildman–Crippen LogP) is 4.81. The van der Waals surface area contributed by atoms with E-state index in [9.17, 15) is 4.79 Å². The van der Waals surface area contributed by atoms with Crippen molar-refractivity contribution in [3.05, 3.63) is 88.9 Å². The van der Waals surface area contributed by atoms with Crippen LogP contribution in [0, 0.1) is 20.8 Å². The number of ether oxygens (including phenoxy) is 1. The van der Waals surface area contributed by atoms with E-state index in [1.165, 1.54) is 5.56 Å². The Morgan fingerprint density at radius 3 is 2.30 bits per heavy atom. The fourth-order valence-electron chi connectivity index (χ4n) is 3.25. The van der Waals surface area contributed by atoms with Crippen LogP contribution in [-0.4, -0.2) is 17.4 Å². The van der Waals surface area contributed by atoms with Crippen LogP contribution in [0.25, 0.3) is 0 Å². The summed E-state index contributed by atoms with van der Waals surface area (Å²) in [5.41, 5.74) is 4.34. The number of aryl methyl sites for hydroxylation is 3. The van der Waals surface area contributed by atoms with Crippen LogP contribution >= 0.6 is 0 Å². The van der Waals surface area contributed by atoms with Crippen molar-refractivity contribution in [1.82, 2.24) is 4.90 Å². The van der Waals surface area contributed by atoms with Gasteiger partial charge in [-0.2, -0.15) is 0 Å². The maximum absolute atomic E-state index is 12.9. The quantitative estimate of drug-likeness (QED) is 0.605. The Hall–Kier alpha value is -3.01. The maximum atomic E-state index is 12.9. The number of amides is 1. The molecule has 0 unspecified atom stereocenters. The topological polar surface area (TPSA) is 42.7 Å². The molecule has 140 valence electrons. The average Bonchev–Trinajstić information content (AvgIpc) is 3.14. The molecule has 0 N–H and O–H groups in total. The molecule has 0 aliphatic rings. The zero-order valence-corrected chi connectivity index (χ0v) is 16.1. The summed E-state index contributed by atoms with van der Waals surface area (Å²) >= 11 is 0. The highest BCUT2D eigenvalue weighted by Crippen LogP contribution is 2.24. The van der Waals surface area contributed by atoms with Gasteiger partial charge in [0.05, 0.1) is 12.8 Å². The summed E-state index contributed by atoms with van der Waals surface area (Å²) in [7, 11) is 0. The first-order valence-electron chi connectivity index (χ1n) is 9.07. The Labute approximate surface area is 160 Å².